The number of halogens is 1. The van der Waals surface area contributed by atoms with Gasteiger partial charge in [0.1, 0.15) is 0 Å². The molecule has 4 rings (SSSR count). The van der Waals surface area contributed by atoms with Gasteiger partial charge in [-0.05, 0) is 54.4 Å². The molecular weight excluding hydrogens is 448 g/mol. The molecule has 0 unspecified atom stereocenters. The molecule has 0 aliphatic carbocycles. The predicted molar refractivity (Wildman–Crippen MR) is 125 cm³/mol. The first-order chi connectivity index (χ1) is 15.3. The van der Waals surface area contributed by atoms with Gasteiger partial charge in [0.2, 0.25) is 0 Å². The standard InChI is InChI=1S/C24H23ClN2O4S/c1-16-6-4-5-7-24(16)32(28,29)27-21(17-8-11-19(25)12-9-17)15-20(26-27)18-10-13-22(30-2)23(14-18)31-3/h4-14,21H,15H2,1-3H3/t21-/m0/s1. The number of sulfonamides is 1. The molecule has 1 aliphatic heterocycles. The average Bonchev–Trinajstić information content (AvgIpc) is 3.25. The Labute approximate surface area is 193 Å². The van der Waals surface area contributed by atoms with Crippen molar-refractivity contribution in [2.45, 2.75) is 24.3 Å². The topological polar surface area (TPSA) is 68.2 Å². The quantitative estimate of drug-likeness (QED) is 0.496. The summed E-state index contributed by atoms with van der Waals surface area (Å²) < 4.78 is 39.3. The van der Waals surface area contributed by atoms with Gasteiger partial charge in [-0.2, -0.15) is 17.9 Å². The van der Waals surface area contributed by atoms with Crippen molar-refractivity contribution in [1.82, 2.24) is 4.41 Å². The van der Waals surface area contributed by atoms with Gasteiger partial charge < -0.3 is 9.47 Å². The second kappa shape index (κ2) is 8.84. The second-order valence-electron chi connectivity index (χ2n) is 7.43. The van der Waals surface area contributed by atoms with Crippen molar-refractivity contribution in [3.8, 4) is 11.5 Å². The molecular formula is C24H23ClN2O4S. The molecule has 0 radical (unpaired) electrons. The molecule has 1 heterocycles. The van der Waals surface area contributed by atoms with Crippen LogP contribution in [0.2, 0.25) is 5.02 Å². The molecule has 0 saturated heterocycles. The van der Waals surface area contributed by atoms with Gasteiger partial charge >= 0.3 is 0 Å². The van der Waals surface area contributed by atoms with Crippen LogP contribution in [-0.2, 0) is 10.0 Å². The van der Waals surface area contributed by atoms with Gasteiger partial charge in [0.25, 0.3) is 10.0 Å². The third-order valence-corrected chi connectivity index (χ3v) is 7.56. The minimum atomic E-state index is -3.89. The third-order valence-electron chi connectivity index (χ3n) is 5.46. The average molecular weight is 471 g/mol. The van der Waals surface area contributed by atoms with Crippen LogP contribution in [0.1, 0.15) is 29.2 Å². The summed E-state index contributed by atoms with van der Waals surface area (Å²) in [6.07, 6.45) is 0.405. The van der Waals surface area contributed by atoms with Crippen LogP contribution in [0.3, 0.4) is 0 Å². The molecule has 1 aliphatic rings. The minimum absolute atomic E-state index is 0.233. The van der Waals surface area contributed by atoms with Crippen molar-refractivity contribution in [1.29, 1.82) is 0 Å². The first kappa shape index (κ1) is 22.2. The Kier molecular flexibility index (Phi) is 6.13. The van der Waals surface area contributed by atoms with Crippen molar-refractivity contribution in [3.63, 3.8) is 0 Å². The molecule has 6 nitrogen and oxygen atoms in total. The zero-order valence-electron chi connectivity index (χ0n) is 17.9. The van der Waals surface area contributed by atoms with Crippen LogP contribution in [0.25, 0.3) is 0 Å². The van der Waals surface area contributed by atoms with E-state index in [2.05, 4.69) is 5.10 Å². The molecule has 0 saturated carbocycles. The zero-order chi connectivity index (χ0) is 22.9. The smallest absolute Gasteiger partial charge is 0.279 e. The summed E-state index contributed by atoms with van der Waals surface area (Å²) in [4.78, 5) is 0.233. The van der Waals surface area contributed by atoms with E-state index in [9.17, 15) is 8.42 Å². The maximum Gasteiger partial charge on any atom is 0.279 e. The maximum absolute atomic E-state index is 13.7. The first-order valence-electron chi connectivity index (χ1n) is 10.0. The molecule has 166 valence electrons. The largest absolute Gasteiger partial charge is 0.493 e. The van der Waals surface area contributed by atoms with Gasteiger partial charge in [-0.1, -0.05) is 41.9 Å². The molecule has 0 bridgehead atoms. The van der Waals surface area contributed by atoms with Gasteiger partial charge in [-0.3, -0.25) is 0 Å². The van der Waals surface area contributed by atoms with Crippen molar-refractivity contribution < 1.29 is 17.9 Å². The lowest BCUT2D eigenvalue weighted by molar-refractivity contribution is 0.355. The van der Waals surface area contributed by atoms with Crippen LogP contribution in [0.15, 0.2) is 76.7 Å². The Balaban J connectivity index is 1.82. The maximum atomic E-state index is 13.7. The van der Waals surface area contributed by atoms with E-state index in [4.69, 9.17) is 21.1 Å². The molecule has 8 heteroatoms. The number of hydrogen-bond acceptors (Lipinski definition) is 5. The SMILES string of the molecule is COc1ccc(C2=NN(S(=O)(=O)c3ccccc3C)[C@H](c3ccc(Cl)cc3)C2)cc1OC. The highest BCUT2D eigenvalue weighted by molar-refractivity contribution is 7.89. The van der Waals surface area contributed by atoms with Crippen LogP contribution in [-0.4, -0.2) is 32.8 Å². The van der Waals surface area contributed by atoms with Crippen molar-refractivity contribution >= 4 is 27.3 Å². The fourth-order valence-electron chi connectivity index (χ4n) is 3.78. The Bertz CT molecular complexity index is 1270. The Morgan fingerprint density at radius 3 is 2.31 bits per heavy atom. The number of hydrazone groups is 1. The van der Waals surface area contributed by atoms with Crippen LogP contribution in [0.5, 0.6) is 11.5 Å². The molecule has 0 fully saturated rings. The molecule has 0 spiro atoms. The zero-order valence-corrected chi connectivity index (χ0v) is 19.5. The number of benzene rings is 3. The van der Waals surface area contributed by atoms with Crippen LogP contribution in [0, 0.1) is 6.92 Å². The summed E-state index contributed by atoms with van der Waals surface area (Å²) in [7, 11) is -0.763. The van der Waals surface area contributed by atoms with E-state index in [0.29, 0.717) is 34.2 Å². The van der Waals surface area contributed by atoms with E-state index in [1.807, 2.05) is 24.3 Å². The van der Waals surface area contributed by atoms with Crippen LogP contribution < -0.4 is 9.47 Å². The normalized spacial score (nSPS) is 16.1. The first-order valence-corrected chi connectivity index (χ1v) is 11.8. The Hall–Kier alpha value is -3.03. The molecule has 3 aromatic rings. The lowest BCUT2D eigenvalue weighted by Gasteiger charge is -2.24. The number of methoxy groups -OCH3 is 2. The van der Waals surface area contributed by atoms with Gasteiger partial charge in [0.05, 0.1) is 30.9 Å². The van der Waals surface area contributed by atoms with E-state index in [-0.39, 0.29) is 4.90 Å². The van der Waals surface area contributed by atoms with Gasteiger partial charge in [-0.25, -0.2) is 0 Å². The number of rotatable bonds is 6. The molecule has 0 amide bonds. The third kappa shape index (κ3) is 4.06. The number of nitrogens with zero attached hydrogens (tertiary/aromatic N) is 2. The van der Waals surface area contributed by atoms with Gasteiger partial charge in [0.15, 0.2) is 11.5 Å². The molecule has 0 N–H and O–H groups in total. The van der Waals surface area contributed by atoms with Gasteiger partial charge in [0, 0.05) is 17.0 Å². The summed E-state index contributed by atoms with van der Waals surface area (Å²) in [6, 6.07) is 19.0. The highest BCUT2D eigenvalue weighted by atomic mass is 35.5. The molecule has 32 heavy (non-hydrogen) atoms. The molecule has 0 aromatic heterocycles. The summed E-state index contributed by atoms with van der Waals surface area (Å²) in [5.41, 5.74) is 2.88. The Morgan fingerprint density at radius 1 is 0.969 bits per heavy atom. The van der Waals surface area contributed by atoms with E-state index < -0.39 is 16.1 Å². The lowest BCUT2D eigenvalue weighted by atomic mass is 9.99. The van der Waals surface area contributed by atoms with E-state index in [1.54, 1.807) is 63.6 Å². The Morgan fingerprint density at radius 2 is 1.66 bits per heavy atom. The van der Waals surface area contributed by atoms with Crippen molar-refractivity contribution in [2.24, 2.45) is 5.10 Å². The number of hydrogen-bond donors (Lipinski definition) is 0. The highest BCUT2D eigenvalue weighted by Crippen LogP contribution is 2.39. The summed E-state index contributed by atoms with van der Waals surface area (Å²) >= 11 is 6.06. The molecule has 1 atom stereocenters. The predicted octanol–water partition coefficient (Wildman–Crippen LogP) is 5.21. The van der Waals surface area contributed by atoms with Gasteiger partial charge in [-0.15, -0.1) is 0 Å². The minimum Gasteiger partial charge on any atom is -0.493 e. The van der Waals surface area contributed by atoms with E-state index in [0.717, 1.165) is 11.1 Å². The molecule has 3 aromatic carbocycles. The van der Waals surface area contributed by atoms with E-state index >= 15 is 0 Å². The monoisotopic (exact) mass is 470 g/mol. The summed E-state index contributed by atoms with van der Waals surface area (Å²) in [5.74, 6) is 1.14. The van der Waals surface area contributed by atoms with Crippen molar-refractivity contribution in [3.05, 3.63) is 88.4 Å². The van der Waals surface area contributed by atoms with E-state index in [1.165, 1.54) is 4.41 Å². The van der Waals surface area contributed by atoms with Crippen LogP contribution >= 0.6 is 11.6 Å². The highest BCUT2D eigenvalue weighted by Gasteiger charge is 2.38. The summed E-state index contributed by atoms with van der Waals surface area (Å²) in [5, 5.41) is 5.18. The van der Waals surface area contributed by atoms with Crippen molar-refractivity contribution in [2.75, 3.05) is 14.2 Å². The number of ether oxygens (including phenoxy) is 2. The second-order valence-corrected chi connectivity index (χ2v) is 9.63. The van der Waals surface area contributed by atoms with Crippen LogP contribution in [0.4, 0.5) is 0 Å². The lowest BCUT2D eigenvalue weighted by Crippen LogP contribution is -2.27. The fraction of sp³-hybridized carbons (Fsp3) is 0.208. The number of aryl methyl sites for hydroxylation is 1. The summed E-state index contributed by atoms with van der Waals surface area (Å²) in [6.45, 7) is 1.78. The fourth-order valence-corrected chi connectivity index (χ4v) is 5.57.